The molecular weight excluding hydrogens is 312 g/mol. The third kappa shape index (κ3) is 5.32. The van der Waals surface area contributed by atoms with E-state index in [-0.39, 0.29) is 18.5 Å². The molecule has 1 aliphatic heterocycles. The van der Waals surface area contributed by atoms with Crippen LogP contribution in [0.4, 0.5) is 0 Å². The number of esters is 2. The second-order valence-electron chi connectivity index (χ2n) is 6.15. The zero-order chi connectivity index (χ0) is 17.6. The van der Waals surface area contributed by atoms with Crippen LogP contribution in [0.1, 0.15) is 43.5 Å². The Bertz CT molecular complexity index is 554. The average molecular weight is 336 g/mol. The first-order valence-corrected chi connectivity index (χ1v) is 8.06. The Morgan fingerprint density at radius 3 is 2.58 bits per heavy atom. The Labute approximate surface area is 142 Å². The van der Waals surface area contributed by atoms with Crippen LogP contribution >= 0.6 is 0 Å². The van der Waals surface area contributed by atoms with E-state index in [1.807, 2.05) is 19.9 Å². The summed E-state index contributed by atoms with van der Waals surface area (Å²) < 4.78 is 21.7. The number of hydrogen-bond acceptors (Lipinski definition) is 6. The Kier molecular flexibility index (Phi) is 6.34. The van der Waals surface area contributed by atoms with Crippen molar-refractivity contribution in [3.8, 4) is 0 Å². The number of rotatable bonds is 7. The standard InChI is InChI=1S/C18H24O6/c1-18(2)22-12-15(24-18)14(10-7-11-16(19)21-3)23-17(20)13-8-5-4-6-9-13/h4-6,8-9,14-15H,7,10-12H2,1-3H3/t14-,15+/m0/s1. The van der Waals surface area contributed by atoms with E-state index < -0.39 is 17.9 Å². The minimum Gasteiger partial charge on any atom is -0.469 e. The van der Waals surface area contributed by atoms with Gasteiger partial charge in [-0.15, -0.1) is 0 Å². The Hall–Kier alpha value is -1.92. The molecule has 6 heteroatoms. The topological polar surface area (TPSA) is 71.1 Å². The number of carbonyl (C=O) groups excluding carboxylic acids is 2. The fourth-order valence-corrected chi connectivity index (χ4v) is 2.55. The average Bonchev–Trinajstić information content (AvgIpc) is 2.94. The normalized spacial score (nSPS) is 20.4. The number of ether oxygens (including phenoxy) is 4. The van der Waals surface area contributed by atoms with E-state index in [1.54, 1.807) is 24.3 Å². The lowest BCUT2D eigenvalue weighted by molar-refractivity contribution is -0.152. The molecule has 132 valence electrons. The van der Waals surface area contributed by atoms with Gasteiger partial charge in [-0.25, -0.2) is 4.79 Å². The molecule has 1 aromatic carbocycles. The molecule has 0 unspecified atom stereocenters. The van der Waals surface area contributed by atoms with Crippen LogP contribution in [0.25, 0.3) is 0 Å². The van der Waals surface area contributed by atoms with E-state index in [1.165, 1.54) is 7.11 Å². The van der Waals surface area contributed by atoms with E-state index in [4.69, 9.17) is 14.2 Å². The number of benzene rings is 1. The third-order valence-corrected chi connectivity index (χ3v) is 3.81. The molecule has 2 atom stereocenters. The fourth-order valence-electron chi connectivity index (χ4n) is 2.55. The molecule has 0 aromatic heterocycles. The van der Waals surface area contributed by atoms with E-state index in [9.17, 15) is 9.59 Å². The van der Waals surface area contributed by atoms with Gasteiger partial charge >= 0.3 is 11.9 Å². The molecule has 0 aliphatic carbocycles. The summed E-state index contributed by atoms with van der Waals surface area (Å²) >= 11 is 0. The van der Waals surface area contributed by atoms with Gasteiger partial charge in [-0.3, -0.25) is 4.79 Å². The van der Waals surface area contributed by atoms with Crippen molar-refractivity contribution in [3.05, 3.63) is 35.9 Å². The lowest BCUT2D eigenvalue weighted by Crippen LogP contribution is -2.35. The quantitative estimate of drug-likeness (QED) is 0.713. The molecule has 0 radical (unpaired) electrons. The molecule has 0 amide bonds. The van der Waals surface area contributed by atoms with E-state index in [2.05, 4.69) is 4.74 Å². The Balaban J connectivity index is 1.99. The van der Waals surface area contributed by atoms with Crippen LogP contribution in [-0.2, 0) is 23.7 Å². The fraction of sp³-hybridized carbons (Fsp3) is 0.556. The highest BCUT2D eigenvalue weighted by atomic mass is 16.8. The Morgan fingerprint density at radius 1 is 1.29 bits per heavy atom. The SMILES string of the molecule is COC(=O)CCC[C@H](OC(=O)c1ccccc1)[C@H]1COC(C)(C)O1. The van der Waals surface area contributed by atoms with Crippen LogP contribution < -0.4 is 0 Å². The molecule has 24 heavy (non-hydrogen) atoms. The van der Waals surface area contributed by atoms with Gasteiger partial charge in [0.2, 0.25) is 0 Å². The smallest absolute Gasteiger partial charge is 0.338 e. The minimum absolute atomic E-state index is 0.271. The molecule has 0 bridgehead atoms. The van der Waals surface area contributed by atoms with Crippen molar-refractivity contribution in [2.24, 2.45) is 0 Å². The summed E-state index contributed by atoms with van der Waals surface area (Å²) in [6.45, 7) is 3.98. The maximum Gasteiger partial charge on any atom is 0.338 e. The summed E-state index contributed by atoms with van der Waals surface area (Å²) in [5.74, 6) is -1.40. The van der Waals surface area contributed by atoms with Crippen molar-refractivity contribution in [3.63, 3.8) is 0 Å². The molecule has 0 N–H and O–H groups in total. The summed E-state index contributed by atoms with van der Waals surface area (Å²) in [7, 11) is 1.35. The number of hydrogen-bond donors (Lipinski definition) is 0. The highest BCUT2D eigenvalue weighted by molar-refractivity contribution is 5.89. The molecule has 0 spiro atoms. The van der Waals surface area contributed by atoms with Gasteiger partial charge in [0.1, 0.15) is 12.2 Å². The summed E-state index contributed by atoms with van der Waals surface area (Å²) in [6, 6.07) is 8.79. The second kappa shape index (κ2) is 8.26. The minimum atomic E-state index is -0.704. The van der Waals surface area contributed by atoms with Crippen LogP contribution in [0.2, 0.25) is 0 Å². The summed E-state index contributed by atoms with van der Waals surface area (Å²) in [5.41, 5.74) is 0.480. The van der Waals surface area contributed by atoms with Crippen molar-refractivity contribution in [1.82, 2.24) is 0 Å². The predicted molar refractivity (Wildman–Crippen MR) is 86.4 cm³/mol. The highest BCUT2D eigenvalue weighted by Gasteiger charge is 2.39. The molecule has 1 fully saturated rings. The van der Waals surface area contributed by atoms with Crippen molar-refractivity contribution in [2.45, 2.75) is 51.1 Å². The van der Waals surface area contributed by atoms with Crippen molar-refractivity contribution < 1.29 is 28.5 Å². The highest BCUT2D eigenvalue weighted by Crippen LogP contribution is 2.27. The summed E-state index contributed by atoms with van der Waals surface area (Å²) in [6.07, 6.45) is 0.471. The lowest BCUT2D eigenvalue weighted by Gasteiger charge is -2.24. The maximum absolute atomic E-state index is 12.3. The molecule has 1 aliphatic rings. The van der Waals surface area contributed by atoms with Gasteiger partial charge in [-0.1, -0.05) is 18.2 Å². The molecule has 6 nitrogen and oxygen atoms in total. The van der Waals surface area contributed by atoms with Gasteiger partial charge in [-0.05, 0) is 38.8 Å². The van der Waals surface area contributed by atoms with Crippen molar-refractivity contribution >= 4 is 11.9 Å². The van der Waals surface area contributed by atoms with Crippen molar-refractivity contribution in [1.29, 1.82) is 0 Å². The molecule has 0 saturated carbocycles. The van der Waals surface area contributed by atoms with Crippen LogP contribution in [-0.4, -0.2) is 43.7 Å². The molecule has 2 rings (SSSR count). The first kappa shape index (κ1) is 18.4. The van der Waals surface area contributed by atoms with E-state index in [0.717, 1.165) is 0 Å². The second-order valence-corrected chi connectivity index (χ2v) is 6.15. The predicted octanol–water partition coefficient (Wildman–Crippen LogP) is 2.71. The molecule has 1 aromatic rings. The van der Waals surface area contributed by atoms with Gasteiger partial charge in [0.25, 0.3) is 0 Å². The van der Waals surface area contributed by atoms with Crippen LogP contribution in [0.15, 0.2) is 30.3 Å². The van der Waals surface area contributed by atoms with Gasteiger partial charge in [0.15, 0.2) is 5.79 Å². The van der Waals surface area contributed by atoms with Gasteiger partial charge in [-0.2, -0.15) is 0 Å². The third-order valence-electron chi connectivity index (χ3n) is 3.81. The Morgan fingerprint density at radius 2 is 2.00 bits per heavy atom. The van der Waals surface area contributed by atoms with Crippen LogP contribution in [0.3, 0.4) is 0 Å². The zero-order valence-corrected chi connectivity index (χ0v) is 14.3. The maximum atomic E-state index is 12.3. The largest absolute Gasteiger partial charge is 0.469 e. The van der Waals surface area contributed by atoms with Crippen LogP contribution in [0, 0.1) is 0 Å². The van der Waals surface area contributed by atoms with Gasteiger partial charge in [0.05, 0.1) is 19.3 Å². The number of methoxy groups -OCH3 is 1. The summed E-state index contributed by atoms with van der Waals surface area (Å²) in [4.78, 5) is 23.6. The first-order valence-electron chi connectivity index (χ1n) is 8.06. The molecule has 1 saturated heterocycles. The lowest BCUT2D eigenvalue weighted by atomic mass is 10.1. The number of carbonyl (C=O) groups is 2. The monoisotopic (exact) mass is 336 g/mol. The first-order chi connectivity index (χ1) is 11.4. The molecular formula is C18H24O6. The van der Waals surface area contributed by atoms with E-state index in [0.29, 0.717) is 25.0 Å². The van der Waals surface area contributed by atoms with Gasteiger partial charge < -0.3 is 18.9 Å². The van der Waals surface area contributed by atoms with Crippen LogP contribution in [0.5, 0.6) is 0 Å². The zero-order valence-electron chi connectivity index (χ0n) is 14.3. The van der Waals surface area contributed by atoms with E-state index >= 15 is 0 Å². The van der Waals surface area contributed by atoms with Gasteiger partial charge in [0, 0.05) is 6.42 Å². The van der Waals surface area contributed by atoms with Crippen molar-refractivity contribution in [2.75, 3.05) is 13.7 Å². The summed E-state index contributed by atoms with van der Waals surface area (Å²) in [5, 5.41) is 0. The molecule has 1 heterocycles.